The number of carbonyl (C=O) groups excluding carboxylic acids is 3. The predicted octanol–water partition coefficient (Wildman–Crippen LogP) is 4.31. The normalized spacial score (nSPS) is 14.0. The number of piperazine rings is 1. The van der Waals surface area contributed by atoms with E-state index in [2.05, 4.69) is 28.8 Å². The van der Waals surface area contributed by atoms with Crippen LogP contribution in [-0.4, -0.2) is 96.6 Å². The van der Waals surface area contributed by atoms with Crippen LogP contribution in [0.1, 0.15) is 62.0 Å². The van der Waals surface area contributed by atoms with E-state index in [1.54, 1.807) is 33.6 Å². The van der Waals surface area contributed by atoms with Crippen LogP contribution in [0.5, 0.6) is 0 Å². The first kappa shape index (κ1) is 48.0. The average molecular weight is 882 g/mol. The van der Waals surface area contributed by atoms with Gasteiger partial charge in [0.1, 0.15) is 11.4 Å². The number of halogens is 1. The first-order valence-electron chi connectivity index (χ1n) is 21.0. The van der Waals surface area contributed by atoms with Gasteiger partial charge in [0.25, 0.3) is 0 Å². The fourth-order valence-corrected chi connectivity index (χ4v) is 7.22. The fraction of sp³-hybridized carbons (Fsp3) is 0.378. The number of carboxylic acid groups (broad SMARTS) is 1. The molecule has 0 saturated carbocycles. The van der Waals surface area contributed by atoms with Crippen molar-refractivity contribution in [3.8, 4) is 0 Å². The zero-order chi connectivity index (χ0) is 46.6. The molecule has 1 fully saturated rings. The van der Waals surface area contributed by atoms with E-state index in [0.29, 0.717) is 61.5 Å². The Morgan fingerprint density at radius 2 is 1.61 bits per heavy atom. The number of carboxylic acids is 1. The van der Waals surface area contributed by atoms with Gasteiger partial charge < -0.3 is 14.6 Å². The molecule has 0 radical (unpaired) electrons. The molecular weight excluding hydrogens is 824 g/mol. The number of alkyl carbamates (subject to hydrolysis) is 1. The van der Waals surface area contributed by atoms with E-state index < -0.39 is 52.5 Å². The molecule has 2 atom stereocenters. The molecule has 1 unspecified atom stereocenters. The van der Waals surface area contributed by atoms with Gasteiger partial charge in [0, 0.05) is 18.1 Å². The summed E-state index contributed by atoms with van der Waals surface area (Å²) in [6.07, 6.45) is 2.86. The van der Waals surface area contributed by atoms with E-state index in [-0.39, 0.29) is 43.4 Å². The molecule has 1 saturated heterocycles. The molecule has 1 aliphatic heterocycles. The van der Waals surface area contributed by atoms with Crippen LogP contribution in [0.3, 0.4) is 0 Å². The maximum atomic E-state index is 15.4. The Bertz CT molecular complexity index is 2400. The van der Waals surface area contributed by atoms with Crippen molar-refractivity contribution in [2.24, 2.45) is 16.9 Å². The minimum absolute atomic E-state index is 0.0103. The Labute approximate surface area is 372 Å². The van der Waals surface area contributed by atoms with Crippen LogP contribution in [0.2, 0.25) is 0 Å². The second-order valence-corrected chi connectivity index (χ2v) is 16.5. The molecule has 9 N–H and O–H groups in total. The number of aryl methyl sites for hydroxylation is 1. The van der Waals surface area contributed by atoms with Crippen LogP contribution in [-0.2, 0) is 29.2 Å². The summed E-state index contributed by atoms with van der Waals surface area (Å²) in [5.74, 6) is -2.03. The Hall–Kier alpha value is -7.05. The molecular formula is C45H57BFN9O8. The summed E-state index contributed by atoms with van der Waals surface area (Å²) in [4.78, 5) is 64.9. The van der Waals surface area contributed by atoms with E-state index >= 15 is 4.39 Å². The number of rotatable bonds is 18. The summed E-state index contributed by atoms with van der Waals surface area (Å²) in [5.41, 5.74) is 14.1. The summed E-state index contributed by atoms with van der Waals surface area (Å²) in [7, 11) is 4.26. The van der Waals surface area contributed by atoms with Crippen LogP contribution in [0.25, 0.3) is 10.9 Å². The number of anilines is 2. The molecule has 19 heteroatoms. The molecule has 4 aromatic rings. The summed E-state index contributed by atoms with van der Waals surface area (Å²) in [5, 5.41) is 21.5. The number of aromatic nitrogens is 1. The van der Waals surface area contributed by atoms with Gasteiger partial charge in [-0.25, -0.2) is 9.18 Å². The van der Waals surface area contributed by atoms with Crippen LogP contribution >= 0.6 is 0 Å². The van der Waals surface area contributed by atoms with Gasteiger partial charge >= 0.3 is 261 Å². The summed E-state index contributed by atoms with van der Waals surface area (Å²) in [6, 6.07) is 17.7. The maximum absolute atomic E-state index is 15.4. The molecule has 2 heterocycles. The number of fused-ring (bicyclic) bond motifs is 1. The molecule has 0 bridgehead atoms. The van der Waals surface area contributed by atoms with E-state index in [0.717, 1.165) is 17.2 Å². The number of nitrogens with zero attached hydrogens (tertiary/aromatic N) is 3. The number of hydrogen-bond acceptors (Lipinski definition) is 11. The van der Waals surface area contributed by atoms with E-state index in [1.165, 1.54) is 6.20 Å². The number of benzene rings is 3. The number of pyridine rings is 1. The van der Waals surface area contributed by atoms with Gasteiger partial charge in [0.2, 0.25) is 5.43 Å². The Morgan fingerprint density at radius 3 is 2.23 bits per heavy atom. The molecule has 0 aliphatic carbocycles. The predicted molar refractivity (Wildman–Crippen MR) is 246 cm³/mol. The molecule has 3 aromatic carbocycles. The first-order valence-corrected chi connectivity index (χ1v) is 21.0. The molecule has 5 rings (SSSR count). The number of primary amides is 1. The fourth-order valence-electron chi connectivity index (χ4n) is 7.22. The van der Waals surface area contributed by atoms with Crippen molar-refractivity contribution >= 4 is 59.5 Å². The molecule has 1 aliphatic rings. The van der Waals surface area contributed by atoms with Gasteiger partial charge in [-0.05, 0) is 19.1 Å². The number of aromatic carboxylic acids is 1. The molecule has 0 spiro atoms. The number of ether oxygens (including phenoxy) is 2. The van der Waals surface area contributed by atoms with E-state index in [9.17, 15) is 29.1 Å². The SMILES string of the molecule is B=C(Nc1ccc(COC(=O)N2CCN(c3cc4c(cc3F)c(=O)c(C(=O)O)cn4CC)CC2)cc1)[C@H](CCCNC(N)=O)N/C=C(\N)C(NC(=O)OCc1ccccc1)C(C)(C)C. The third kappa shape index (κ3) is 13.0. The van der Waals surface area contributed by atoms with Gasteiger partial charge in [-0.2, -0.15) is 0 Å². The van der Waals surface area contributed by atoms with Crippen LogP contribution in [0, 0.1) is 11.2 Å². The van der Waals surface area contributed by atoms with Crippen LogP contribution in [0.15, 0.2) is 89.6 Å². The number of hydrogen-bond donors (Lipinski definition) is 7. The van der Waals surface area contributed by atoms with Crippen molar-refractivity contribution in [1.82, 2.24) is 25.4 Å². The Kier molecular flexibility index (Phi) is 16.4. The molecule has 64 heavy (non-hydrogen) atoms. The van der Waals surface area contributed by atoms with Crippen molar-refractivity contribution in [3.63, 3.8) is 0 Å². The van der Waals surface area contributed by atoms with E-state index in [1.807, 2.05) is 75.4 Å². The van der Waals surface area contributed by atoms with E-state index in [4.69, 9.17) is 20.9 Å². The van der Waals surface area contributed by atoms with Crippen molar-refractivity contribution < 1.29 is 38.1 Å². The third-order valence-electron chi connectivity index (χ3n) is 10.7. The monoisotopic (exact) mass is 881 g/mol. The summed E-state index contributed by atoms with van der Waals surface area (Å²) >= 11 is 0. The Morgan fingerprint density at radius 1 is 0.953 bits per heavy atom. The van der Waals surface area contributed by atoms with Gasteiger partial charge in [0.05, 0.1) is 11.2 Å². The zero-order valence-electron chi connectivity index (χ0n) is 36.6. The second kappa shape index (κ2) is 21.8. The number of amides is 4. The number of nitrogens with two attached hydrogens (primary N) is 2. The van der Waals surface area contributed by atoms with Gasteiger partial charge in [-0.15, -0.1) is 0 Å². The Balaban J connectivity index is 1.15. The van der Waals surface area contributed by atoms with Crippen molar-refractivity contribution in [1.29, 1.82) is 0 Å². The molecule has 1 aromatic heterocycles. The van der Waals surface area contributed by atoms with Gasteiger partial charge in [-0.3, -0.25) is 4.79 Å². The molecule has 4 amide bonds. The van der Waals surface area contributed by atoms with Crippen molar-refractivity contribution in [2.75, 3.05) is 42.9 Å². The topological polar surface area (TPSA) is 236 Å². The van der Waals surface area contributed by atoms with Crippen LogP contribution in [0.4, 0.5) is 30.1 Å². The first-order chi connectivity index (χ1) is 30.4. The molecule has 340 valence electrons. The number of carbonyl (C=O) groups is 4. The third-order valence-corrected chi connectivity index (χ3v) is 10.7. The standard InChI is InChI=1S/C45H57BFN9O8/c1-5-54-25-32(41(58)59)38(57)31-22-33(47)37(23-36(31)54)55-18-20-56(21-19-55)44(62)64-27-29-13-15-30(16-14-29)52-40(46)35(12-9-17-50-42(49)60)51-24-34(48)39(45(2,3)4)53-43(61)63-26-28-10-7-6-8-11-28/h6-8,10-11,13-16,22-25,35,39,46,51-52H,5,9,12,17-21,26-27,48H2,1-4H3,(H,53,61)(H,58,59)(H3,49,50,60)/b34-24-/t35-,39?/m0/s1. The number of nitrogens with one attached hydrogen (secondary N) is 4. The summed E-state index contributed by atoms with van der Waals surface area (Å²) < 4.78 is 28.0. The van der Waals surface area contributed by atoms with Crippen LogP contribution < -0.4 is 43.1 Å². The minimum atomic E-state index is -1.38. The van der Waals surface area contributed by atoms with Crippen molar-refractivity contribution in [3.05, 3.63) is 118 Å². The quantitative estimate of drug-likeness (QED) is 0.0547. The van der Waals surface area contributed by atoms with Crippen molar-refractivity contribution in [2.45, 2.75) is 72.4 Å². The van der Waals surface area contributed by atoms with Gasteiger partial charge in [0.15, 0.2) is 0 Å². The average Bonchev–Trinajstić information content (AvgIpc) is 3.26. The number of urea groups is 1. The second-order valence-electron chi connectivity index (χ2n) is 16.5. The summed E-state index contributed by atoms with van der Waals surface area (Å²) in [6.45, 7) is 9.62. The zero-order valence-corrected chi connectivity index (χ0v) is 36.6. The van der Waals surface area contributed by atoms with Gasteiger partial charge in [-0.1, -0.05) is 18.2 Å². The molecule has 17 nitrogen and oxygen atoms in total.